The number of nitrogens with one attached hydrogen (secondary N) is 2. The lowest BCUT2D eigenvalue weighted by Crippen LogP contribution is -2.37. The van der Waals surface area contributed by atoms with Gasteiger partial charge in [0.05, 0.1) is 54.8 Å². The van der Waals surface area contributed by atoms with E-state index in [2.05, 4.69) is 25.8 Å². The van der Waals surface area contributed by atoms with Crippen molar-refractivity contribution in [3.63, 3.8) is 0 Å². The first-order valence-corrected chi connectivity index (χ1v) is 15.0. The van der Waals surface area contributed by atoms with Crippen LogP contribution >= 0.6 is 0 Å². The summed E-state index contributed by atoms with van der Waals surface area (Å²) in [6, 6.07) is 0.200. The number of aromatic nitrogens is 5. The van der Waals surface area contributed by atoms with Crippen LogP contribution in [0.15, 0.2) is 24.7 Å². The maximum atomic E-state index is 14.0. The Morgan fingerprint density at radius 1 is 0.935 bits per heavy atom. The van der Waals surface area contributed by atoms with Crippen LogP contribution < -0.4 is 10.6 Å². The van der Waals surface area contributed by atoms with Gasteiger partial charge in [0, 0.05) is 31.5 Å². The molecule has 5 rings (SSSR count). The predicted octanol–water partition coefficient (Wildman–Crippen LogP) is 6.39. The molecule has 0 spiro atoms. The van der Waals surface area contributed by atoms with Crippen molar-refractivity contribution >= 4 is 17.5 Å². The van der Waals surface area contributed by atoms with Gasteiger partial charge in [-0.25, -0.2) is 18.3 Å². The highest BCUT2D eigenvalue weighted by Crippen LogP contribution is 2.43. The van der Waals surface area contributed by atoms with Gasteiger partial charge in [-0.05, 0) is 56.1 Å². The Morgan fingerprint density at radius 2 is 1.59 bits per heavy atom. The molecule has 3 heterocycles. The van der Waals surface area contributed by atoms with Crippen LogP contribution in [0.2, 0.25) is 0 Å². The highest BCUT2D eigenvalue weighted by molar-refractivity contribution is 5.95. The molecular weight excluding hydrogens is 630 g/mol. The van der Waals surface area contributed by atoms with Gasteiger partial charge in [0.1, 0.15) is 0 Å². The molecule has 0 aliphatic heterocycles. The van der Waals surface area contributed by atoms with Gasteiger partial charge in [-0.1, -0.05) is 0 Å². The standard InChI is InChI=1S/C29H33F8N7O2/c1-16-20(14-39-43(16)11-10-29(35,36)37)26(46)42-25(18-4-7-27(30,31)8-5-18)21-15-44-22(40-21)12-19(13-38-44)24(17-2-3-17)41-23(45)6-9-28(32,33)34/h12-15,17-18,24-25H,2-11H2,1H3,(H,41,45)(H,42,46)/t24?,25-/m0/s1. The van der Waals surface area contributed by atoms with Gasteiger partial charge in [-0.15, -0.1) is 0 Å². The summed E-state index contributed by atoms with van der Waals surface area (Å²) in [5, 5.41) is 13.8. The van der Waals surface area contributed by atoms with Crippen molar-refractivity contribution in [1.29, 1.82) is 0 Å². The van der Waals surface area contributed by atoms with Crippen molar-refractivity contribution in [1.82, 2.24) is 35.0 Å². The van der Waals surface area contributed by atoms with E-state index in [0.717, 1.165) is 23.7 Å². The lowest BCUT2D eigenvalue weighted by atomic mass is 9.81. The first-order valence-electron chi connectivity index (χ1n) is 15.0. The second-order valence-corrected chi connectivity index (χ2v) is 12.1. The maximum absolute atomic E-state index is 14.0. The van der Waals surface area contributed by atoms with E-state index in [1.807, 2.05) is 0 Å². The second-order valence-electron chi connectivity index (χ2n) is 12.1. The molecule has 2 atom stereocenters. The third-order valence-electron chi connectivity index (χ3n) is 8.56. The fraction of sp³-hybridized carbons (Fsp3) is 0.621. The zero-order valence-corrected chi connectivity index (χ0v) is 24.8. The molecule has 3 aromatic rings. The second kappa shape index (κ2) is 12.8. The summed E-state index contributed by atoms with van der Waals surface area (Å²) in [6.07, 6.45) is -6.93. The number of carbonyl (C=O) groups is 2. The first kappa shape index (κ1) is 33.6. The van der Waals surface area contributed by atoms with Crippen molar-refractivity contribution in [3.8, 4) is 0 Å². The smallest absolute Gasteiger partial charge is 0.349 e. The van der Waals surface area contributed by atoms with E-state index in [-0.39, 0.29) is 30.0 Å². The maximum Gasteiger partial charge on any atom is 0.390 e. The molecule has 2 aliphatic carbocycles. The topological polar surface area (TPSA) is 106 Å². The predicted molar refractivity (Wildman–Crippen MR) is 147 cm³/mol. The number of imidazole rings is 1. The van der Waals surface area contributed by atoms with E-state index in [0.29, 0.717) is 16.9 Å². The molecule has 0 aromatic carbocycles. The van der Waals surface area contributed by atoms with E-state index < -0.39 is 86.7 Å². The van der Waals surface area contributed by atoms with Crippen molar-refractivity contribution in [2.75, 3.05) is 0 Å². The number of nitrogens with zero attached hydrogens (tertiary/aromatic N) is 5. The summed E-state index contributed by atoms with van der Waals surface area (Å²) in [6.45, 7) is 0.984. The van der Waals surface area contributed by atoms with Crippen molar-refractivity contribution in [2.45, 2.75) is 102 Å². The summed E-state index contributed by atoms with van der Waals surface area (Å²) < 4.78 is 107. The van der Waals surface area contributed by atoms with Gasteiger partial charge in [-0.3, -0.25) is 14.3 Å². The Morgan fingerprint density at radius 3 is 2.22 bits per heavy atom. The van der Waals surface area contributed by atoms with E-state index in [1.54, 1.807) is 6.07 Å². The number of amides is 2. The average Bonchev–Trinajstić information content (AvgIpc) is 3.61. The molecule has 17 heteroatoms. The molecule has 2 saturated carbocycles. The van der Waals surface area contributed by atoms with Gasteiger partial charge in [0.25, 0.3) is 5.91 Å². The average molecular weight is 664 g/mol. The third kappa shape index (κ3) is 8.51. The van der Waals surface area contributed by atoms with Gasteiger partial charge in [-0.2, -0.15) is 36.5 Å². The molecule has 46 heavy (non-hydrogen) atoms. The fourth-order valence-corrected chi connectivity index (χ4v) is 5.81. The molecule has 0 saturated heterocycles. The lowest BCUT2D eigenvalue weighted by Gasteiger charge is -2.33. The van der Waals surface area contributed by atoms with E-state index >= 15 is 0 Å². The Bertz CT molecular complexity index is 1550. The van der Waals surface area contributed by atoms with Crippen LogP contribution in [-0.4, -0.2) is 54.5 Å². The highest BCUT2D eigenvalue weighted by Gasteiger charge is 2.40. The van der Waals surface area contributed by atoms with Crippen LogP contribution in [0.1, 0.15) is 97.2 Å². The van der Waals surface area contributed by atoms with Crippen LogP contribution in [0.5, 0.6) is 0 Å². The SMILES string of the molecule is Cc1c(C(=O)N[C@H](c2cn3ncc(C(NC(=O)CCC(F)(F)F)C4CC4)cc3n2)C2CCC(F)(F)CC2)cnn1CCC(F)(F)F. The number of carbonyl (C=O) groups excluding carboxylic acids is 2. The number of hydrogen-bond donors (Lipinski definition) is 2. The van der Waals surface area contributed by atoms with Crippen molar-refractivity contribution in [2.24, 2.45) is 11.8 Å². The number of hydrogen-bond acceptors (Lipinski definition) is 5. The van der Waals surface area contributed by atoms with Gasteiger partial charge in [0.2, 0.25) is 11.8 Å². The highest BCUT2D eigenvalue weighted by atomic mass is 19.4. The number of aryl methyl sites for hydroxylation is 1. The quantitative estimate of drug-likeness (QED) is 0.231. The third-order valence-corrected chi connectivity index (χ3v) is 8.56. The first-order chi connectivity index (χ1) is 21.5. The molecule has 2 fully saturated rings. The van der Waals surface area contributed by atoms with Crippen LogP contribution in [0.25, 0.3) is 5.65 Å². The fourth-order valence-electron chi connectivity index (χ4n) is 5.81. The largest absolute Gasteiger partial charge is 0.390 e. The summed E-state index contributed by atoms with van der Waals surface area (Å²) in [4.78, 5) is 30.3. The minimum Gasteiger partial charge on any atom is -0.349 e. The van der Waals surface area contributed by atoms with Crippen LogP contribution in [0.4, 0.5) is 35.1 Å². The molecule has 0 bridgehead atoms. The Labute approximate surface area is 258 Å². The van der Waals surface area contributed by atoms with Crippen molar-refractivity contribution < 1.29 is 44.7 Å². The van der Waals surface area contributed by atoms with E-state index in [9.17, 15) is 44.7 Å². The Hall–Kier alpha value is -3.79. The van der Waals surface area contributed by atoms with Crippen LogP contribution in [0.3, 0.4) is 0 Å². The van der Waals surface area contributed by atoms with E-state index in [4.69, 9.17) is 0 Å². The van der Waals surface area contributed by atoms with Gasteiger partial charge < -0.3 is 10.6 Å². The summed E-state index contributed by atoms with van der Waals surface area (Å²) in [5.74, 6) is -4.67. The minimum absolute atomic E-state index is 0.0183. The number of fused-ring (bicyclic) bond motifs is 1. The van der Waals surface area contributed by atoms with Gasteiger partial charge >= 0.3 is 12.4 Å². The monoisotopic (exact) mass is 663 g/mol. The minimum atomic E-state index is -4.47. The zero-order valence-electron chi connectivity index (χ0n) is 24.8. The normalized spacial score (nSPS) is 18.8. The molecule has 2 aliphatic rings. The van der Waals surface area contributed by atoms with Crippen LogP contribution in [-0.2, 0) is 11.3 Å². The summed E-state index contributed by atoms with van der Waals surface area (Å²) >= 11 is 0. The number of halogens is 8. The molecule has 3 aromatic heterocycles. The molecule has 9 nitrogen and oxygen atoms in total. The summed E-state index contributed by atoms with van der Waals surface area (Å²) in [5.41, 5.74) is 1.39. The molecule has 1 unspecified atom stereocenters. The molecule has 2 N–H and O–H groups in total. The Balaban J connectivity index is 1.38. The number of rotatable bonds is 11. The molecular formula is C29H33F8N7O2. The molecule has 252 valence electrons. The van der Waals surface area contributed by atoms with E-state index in [1.165, 1.54) is 23.8 Å². The van der Waals surface area contributed by atoms with Crippen LogP contribution in [0, 0.1) is 18.8 Å². The molecule has 2 amide bonds. The molecule has 0 radical (unpaired) electrons. The number of alkyl halides is 8. The summed E-state index contributed by atoms with van der Waals surface area (Å²) in [7, 11) is 0. The van der Waals surface area contributed by atoms with Crippen molar-refractivity contribution in [3.05, 3.63) is 47.2 Å². The zero-order chi connectivity index (χ0) is 33.4. The Kier molecular flexibility index (Phi) is 9.33. The van der Waals surface area contributed by atoms with Gasteiger partial charge in [0.15, 0.2) is 5.65 Å². The lowest BCUT2D eigenvalue weighted by molar-refractivity contribution is -0.144.